The van der Waals surface area contributed by atoms with E-state index in [1.807, 2.05) is 30.3 Å². The Bertz CT molecular complexity index is 749. The topological polar surface area (TPSA) is 62.7 Å². The van der Waals surface area contributed by atoms with Crippen molar-refractivity contribution in [2.24, 2.45) is 0 Å². The van der Waals surface area contributed by atoms with Crippen LogP contribution in [0.25, 0.3) is 6.08 Å². The van der Waals surface area contributed by atoms with Crippen LogP contribution >= 0.6 is 15.9 Å². The molecule has 0 bridgehead atoms. The van der Waals surface area contributed by atoms with Gasteiger partial charge in [0.05, 0.1) is 0 Å². The molecule has 24 heavy (non-hydrogen) atoms. The summed E-state index contributed by atoms with van der Waals surface area (Å²) in [5, 5.41) is 8.99. The molecule has 0 atom stereocenters. The fourth-order valence-electron chi connectivity index (χ4n) is 2.58. The van der Waals surface area contributed by atoms with Crippen molar-refractivity contribution in [3.8, 4) is 11.6 Å². The van der Waals surface area contributed by atoms with E-state index >= 15 is 0 Å². The normalized spacial score (nSPS) is 14.4. The van der Waals surface area contributed by atoms with E-state index in [0.717, 1.165) is 28.6 Å². The summed E-state index contributed by atoms with van der Waals surface area (Å²) in [6.45, 7) is 1.11. The second-order valence-corrected chi connectivity index (χ2v) is 6.48. The molecule has 3 rings (SSSR count). The van der Waals surface area contributed by atoms with Gasteiger partial charge in [-0.25, -0.2) is 9.78 Å². The van der Waals surface area contributed by atoms with Crippen LogP contribution in [0.2, 0.25) is 0 Å². The number of benzene rings is 1. The Balaban J connectivity index is 1.68. The molecule has 1 aliphatic heterocycles. The molecule has 0 aliphatic carbocycles. The molecule has 2 heterocycles. The van der Waals surface area contributed by atoms with Gasteiger partial charge >= 0.3 is 6.09 Å². The Morgan fingerprint density at radius 2 is 2.04 bits per heavy atom. The molecular weight excluding hydrogens is 372 g/mol. The average Bonchev–Trinajstić information content (AvgIpc) is 2.58. The van der Waals surface area contributed by atoms with Crippen molar-refractivity contribution in [2.45, 2.75) is 12.8 Å². The molecule has 1 aromatic heterocycles. The number of rotatable bonds is 3. The maximum Gasteiger partial charge on any atom is 0.407 e. The van der Waals surface area contributed by atoms with Crippen LogP contribution in [-0.2, 0) is 0 Å². The molecule has 1 saturated heterocycles. The molecule has 1 amide bonds. The highest BCUT2D eigenvalue weighted by Crippen LogP contribution is 2.24. The van der Waals surface area contributed by atoms with E-state index in [1.54, 1.807) is 12.3 Å². The van der Waals surface area contributed by atoms with Crippen molar-refractivity contribution in [1.29, 1.82) is 0 Å². The zero-order valence-corrected chi connectivity index (χ0v) is 14.6. The Hall–Kier alpha value is -2.34. The lowest BCUT2D eigenvalue weighted by molar-refractivity contribution is 0.142. The van der Waals surface area contributed by atoms with E-state index in [2.05, 4.69) is 27.0 Å². The zero-order chi connectivity index (χ0) is 16.9. The van der Waals surface area contributed by atoms with Gasteiger partial charge in [0.15, 0.2) is 0 Å². The molecule has 0 saturated carbocycles. The summed E-state index contributed by atoms with van der Waals surface area (Å²) < 4.78 is 6.67. The number of ether oxygens (including phenoxy) is 1. The molecular formula is C18H17BrN2O3. The molecule has 1 aliphatic rings. The molecule has 0 spiro atoms. The van der Waals surface area contributed by atoms with Crippen LogP contribution in [0.15, 0.2) is 52.6 Å². The number of hydrogen-bond acceptors (Lipinski definition) is 3. The lowest BCUT2D eigenvalue weighted by atomic mass is 10.0. The molecule has 1 aromatic carbocycles. The first-order chi connectivity index (χ1) is 11.6. The predicted molar refractivity (Wildman–Crippen MR) is 95.3 cm³/mol. The minimum absolute atomic E-state index is 0.540. The van der Waals surface area contributed by atoms with E-state index in [1.165, 1.54) is 10.5 Å². The van der Waals surface area contributed by atoms with Crippen LogP contribution < -0.4 is 4.74 Å². The van der Waals surface area contributed by atoms with Gasteiger partial charge in [-0.05, 0) is 52.5 Å². The van der Waals surface area contributed by atoms with Gasteiger partial charge < -0.3 is 14.7 Å². The third-order valence-electron chi connectivity index (χ3n) is 3.83. The molecule has 5 nitrogen and oxygen atoms in total. The summed E-state index contributed by atoms with van der Waals surface area (Å²) in [6, 6.07) is 11.5. The zero-order valence-electron chi connectivity index (χ0n) is 13.0. The van der Waals surface area contributed by atoms with Gasteiger partial charge in [-0.1, -0.05) is 23.8 Å². The van der Waals surface area contributed by atoms with Crippen LogP contribution in [0.4, 0.5) is 4.79 Å². The Morgan fingerprint density at radius 1 is 1.25 bits per heavy atom. The number of carboxylic acid groups (broad SMARTS) is 1. The third kappa shape index (κ3) is 4.35. The van der Waals surface area contributed by atoms with Crippen LogP contribution in [-0.4, -0.2) is 34.2 Å². The molecule has 6 heteroatoms. The van der Waals surface area contributed by atoms with Crippen molar-refractivity contribution >= 4 is 28.1 Å². The first kappa shape index (κ1) is 16.5. The lowest BCUT2D eigenvalue weighted by Crippen LogP contribution is -2.35. The second-order valence-electron chi connectivity index (χ2n) is 5.56. The van der Waals surface area contributed by atoms with Crippen LogP contribution in [0.1, 0.15) is 18.4 Å². The molecule has 2 aromatic rings. The summed E-state index contributed by atoms with van der Waals surface area (Å²) in [7, 11) is 0. The molecule has 0 radical (unpaired) electrons. The fourth-order valence-corrected chi connectivity index (χ4v) is 2.81. The number of nitrogens with zero attached hydrogens (tertiary/aromatic N) is 2. The van der Waals surface area contributed by atoms with Gasteiger partial charge in [0.25, 0.3) is 0 Å². The van der Waals surface area contributed by atoms with Gasteiger partial charge in [0.2, 0.25) is 5.88 Å². The summed E-state index contributed by atoms with van der Waals surface area (Å²) >= 11 is 3.34. The van der Waals surface area contributed by atoms with Crippen molar-refractivity contribution in [1.82, 2.24) is 9.88 Å². The number of halogens is 1. The number of carbonyl (C=O) groups is 1. The van der Waals surface area contributed by atoms with Gasteiger partial charge in [0, 0.05) is 29.8 Å². The Morgan fingerprint density at radius 3 is 2.71 bits per heavy atom. The first-order valence-electron chi connectivity index (χ1n) is 7.67. The summed E-state index contributed by atoms with van der Waals surface area (Å²) in [4.78, 5) is 16.6. The van der Waals surface area contributed by atoms with Crippen molar-refractivity contribution in [2.75, 3.05) is 13.1 Å². The van der Waals surface area contributed by atoms with E-state index in [0.29, 0.717) is 19.0 Å². The average molecular weight is 389 g/mol. The standard InChI is InChI=1S/C18H17BrN2O3/c19-15-4-5-17(20-12-15)24-16-3-1-2-14(11-16)10-13-6-8-21(9-7-13)18(22)23/h1-5,10-12H,6-9H2,(H,22,23). The highest BCUT2D eigenvalue weighted by molar-refractivity contribution is 9.10. The van der Waals surface area contributed by atoms with Crippen LogP contribution in [0.3, 0.4) is 0 Å². The number of pyridine rings is 1. The van der Waals surface area contributed by atoms with Gasteiger partial charge in [-0.3, -0.25) is 0 Å². The molecule has 0 unspecified atom stereocenters. The molecule has 1 N–H and O–H groups in total. The Labute approximate surface area is 148 Å². The fraction of sp³-hybridized carbons (Fsp3) is 0.222. The monoisotopic (exact) mass is 388 g/mol. The van der Waals surface area contributed by atoms with Gasteiger partial charge in [-0.15, -0.1) is 0 Å². The molecule has 1 fully saturated rings. The summed E-state index contributed by atoms with van der Waals surface area (Å²) in [6.07, 6.45) is 4.50. The minimum atomic E-state index is -0.841. The third-order valence-corrected chi connectivity index (χ3v) is 4.30. The Kier molecular flexibility index (Phi) is 5.15. The highest BCUT2D eigenvalue weighted by atomic mass is 79.9. The summed E-state index contributed by atoms with van der Waals surface area (Å²) in [5.74, 6) is 1.26. The first-order valence-corrected chi connectivity index (χ1v) is 8.46. The predicted octanol–water partition coefficient (Wildman–Crippen LogP) is 4.79. The lowest BCUT2D eigenvalue weighted by Gasteiger charge is -2.25. The number of hydrogen-bond donors (Lipinski definition) is 1. The quantitative estimate of drug-likeness (QED) is 0.820. The highest BCUT2D eigenvalue weighted by Gasteiger charge is 2.17. The van der Waals surface area contributed by atoms with Crippen LogP contribution in [0.5, 0.6) is 11.6 Å². The maximum atomic E-state index is 10.9. The number of aromatic nitrogens is 1. The minimum Gasteiger partial charge on any atom is -0.465 e. The van der Waals surface area contributed by atoms with Gasteiger partial charge in [-0.2, -0.15) is 0 Å². The van der Waals surface area contributed by atoms with E-state index in [-0.39, 0.29) is 0 Å². The van der Waals surface area contributed by atoms with E-state index in [9.17, 15) is 4.79 Å². The van der Waals surface area contributed by atoms with Crippen LogP contribution in [0, 0.1) is 0 Å². The number of piperidine rings is 1. The van der Waals surface area contributed by atoms with Crippen molar-refractivity contribution in [3.05, 3.63) is 58.2 Å². The maximum absolute atomic E-state index is 10.9. The van der Waals surface area contributed by atoms with Crippen molar-refractivity contribution < 1.29 is 14.6 Å². The number of amides is 1. The molecule has 124 valence electrons. The van der Waals surface area contributed by atoms with Crippen molar-refractivity contribution in [3.63, 3.8) is 0 Å². The SMILES string of the molecule is O=C(O)N1CCC(=Cc2cccc(Oc3ccc(Br)cn3)c2)CC1. The van der Waals surface area contributed by atoms with E-state index < -0.39 is 6.09 Å². The smallest absolute Gasteiger partial charge is 0.407 e. The summed E-state index contributed by atoms with van der Waals surface area (Å²) in [5.41, 5.74) is 2.30. The van der Waals surface area contributed by atoms with Gasteiger partial charge in [0.1, 0.15) is 5.75 Å². The van der Waals surface area contributed by atoms with E-state index in [4.69, 9.17) is 9.84 Å². The second kappa shape index (κ2) is 7.49. The largest absolute Gasteiger partial charge is 0.465 e. The number of likely N-dealkylation sites (tertiary alicyclic amines) is 1.